The zero-order valence-corrected chi connectivity index (χ0v) is 8.28. The molecule has 5 nitrogen and oxygen atoms in total. The fourth-order valence-corrected chi connectivity index (χ4v) is 1.76. The highest BCUT2D eigenvalue weighted by Gasteiger charge is 2.50. The number of cyclic esters (lactones) is 1. The van der Waals surface area contributed by atoms with Gasteiger partial charge in [-0.1, -0.05) is 6.92 Å². The average Bonchev–Trinajstić information content (AvgIpc) is 2.24. The first-order valence-corrected chi connectivity index (χ1v) is 4.72. The number of pyridine rings is 1. The summed E-state index contributed by atoms with van der Waals surface area (Å²) in [5.74, 6) is -0.442. The van der Waals surface area contributed by atoms with E-state index in [0.717, 1.165) is 0 Å². The van der Waals surface area contributed by atoms with Crippen molar-refractivity contribution in [2.24, 2.45) is 0 Å². The topological polar surface area (TPSA) is 83.7 Å². The molecule has 1 aliphatic heterocycles. The first-order valence-electron chi connectivity index (χ1n) is 4.72. The standard InChI is InChI=1S/C10H11NO4/c1-2-10(14)7-3-4-11-8(12)6(7)5-15-9(10)13/h3-4,14H,2,5H2,1H3,(H,11,12)/p+1. The lowest BCUT2D eigenvalue weighted by Crippen LogP contribution is -2.43. The molecule has 0 fully saturated rings. The van der Waals surface area contributed by atoms with Gasteiger partial charge < -0.3 is 19.6 Å². The molecule has 5 heteroatoms. The molecule has 0 radical (unpaired) electrons. The predicted molar refractivity (Wildman–Crippen MR) is 53.0 cm³/mol. The van der Waals surface area contributed by atoms with Gasteiger partial charge in [0.05, 0.1) is 5.56 Å². The lowest BCUT2D eigenvalue weighted by molar-refractivity contribution is 0.0398. The molecule has 15 heavy (non-hydrogen) atoms. The third kappa shape index (κ3) is 1.27. The molecule has 80 valence electrons. The van der Waals surface area contributed by atoms with E-state index in [2.05, 4.69) is 4.98 Å². The van der Waals surface area contributed by atoms with Gasteiger partial charge in [0.25, 0.3) is 5.56 Å². The number of H-pyrrole nitrogens is 1. The van der Waals surface area contributed by atoms with Crippen LogP contribution in [0.15, 0.2) is 17.1 Å². The normalized spacial score (nSPS) is 24.5. The van der Waals surface area contributed by atoms with Crippen LogP contribution in [0.25, 0.3) is 0 Å². The van der Waals surface area contributed by atoms with Crippen molar-refractivity contribution in [3.8, 4) is 0 Å². The molecule has 0 aromatic carbocycles. The van der Waals surface area contributed by atoms with Crippen LogP contribution in [0.2, 0.25) is 0 Å². The number of hydrogen-bond acceptors (Lipinski definition) is 3. The van der Waals surface area contributed by atoms with Gasteiger partial charge in [0.2, 0.25) is 12.2 Å². The largest absolute Gasteiger partial charge is 0.521 e. The minimum atomic E-state index is -1.57. The van der Waals surface area contributed by atoms with Gasteiger partial charge in [-0.3, -0.25) is 4.79 Å². The number of aromatic amines is 1. The maximum Gasteiger partial charge on any atom is 0.521 e. The maximum absolute atomic E-state index is 11.4. The molecule has 0 bridgehead atoms. The second-order valence-electron chi connectivity index (χ2n) is 3.51. The molecule has 0 saturated carbocycles. The fraction of sp³-hybridized carbons (Fsp3) is 0.400. The summed E-state index contributed by atoms with van der Waals surface area (Å²) >= 11 is 0. The molecule has 3 N–H and O–H groups in total. The van der Waals surface area contributed by atoms with Crippen molar-refractivity contribution in [1.29, 1.82) is 0 Å². The molecule has 1 atom stereocenters. The van der Waals surface area contributed by atoms with Crippen molar-refractivity contribution in [3.63, 3.8) is 0 Å². The van der Waals surface area contributed by atoms with Crippen LogP contribution in [0.4, 0.5) is 0 Å². The zero-order valence-electron chi connectivity index (χ0n) is 8.28. The van der Waals surface area contributed by atoms with Gasteiger partial charge in [-0.2, -0.15) is 0 Å². The highest BCUT2D eigenvalue weighted by atomic mass is 16.6. The summed E-state index contributed by atoms with van der Waals surface area (Å²) in [6.45, 7) is 1.69. The summed E-state index contributed by atoms with van der Waals surface area (Å²) in [6, 6.07) is 1.58. The number of nitrogens with one attached hydrogen (secondary N) is 1. The van der Waals surface area contributed by atoms with Crippen molar-refractivity contribution in [3.05, 3.63) is 33.7 Å². The lowest BCUT2D eigenvalue weighted by atomic mass is 9.87. The first kappa shape index (κ1) is 9.92. The summed E-state index contributed by atoms with van der Waals surface area (Å²) in [6.07, 6.45) is 1.69. The molecule has 2 heterocycles. The smallest absolute Gasteiger partial charge is 0.370 e. The van der Waals surface area contributed by atoms with E-state index in [1.54, 1.807) is 13.0 Å². The van der Waals surface area contributed by atoms with Crippen molar-refractivity contribution in [1.82, 2.24) is 4.98 Å². The van der Waals surface area contributed by atoms with Crippen molar-refractivity contribution in [2.45, 2.75) is 25.6 Å². The second-order valence-corrected chi connectivity index (χ2v) is 3.51. The van der Waals surface area contributed by atoms with Crippen LogP contribution in [0, 0.1) is 0 Å². The number of aromatic nitrogens is 1. The summed E-state index contributed by atoms with van der Waals surface area (Å²) in [5, 5.41) is 10.2. The Labute approximate surface area is 85.7 Å². The van der Waals surface area contributed by atoms with E-state index in [4.69, 9.17) is 4.74 Å². The Bertz CT molecular complexity index is 465. The van der Waals surface area contributed by atoms with E-state index in [1.807, 2.05) is 0 Å². The number of esters is 1. The third-order valence-corrected chi connectivity index (χ3v) is 2.73. The Kier molecular flexibility index (Phi) is 2.12. The van der Waals surface area contributed by atoms with E-state index in [0.29, 0.717) is 11.1 Å². The number of ether oxygens (including phenoxy) is 1. The number of rotatable bonds is 1. The van der Waals surface area contributed by atoms with Gasteiger partial charge in [0, 0.05) is 11.8 Å². The van der Waals surface area contributed by atoms with Gasteiger partial charge in [-0.05, 0) is 12.5 Å². The van der Waals surface area contributed by atoms with Gasteiger partial charge in [-0.15, -0.1) is 0 Å². The lowest BCUT2D eigenvalue weighted by Gasteiger charge is -2.25. The summed E-state index contributed by atoms with van der Waals surface area (Å²) < 4.78 is 4.89. The number of aliphatic hydroxyl groups is 1. The highest BCUT2D eigenvalue weighted by molar-refractivity contribution is 5.83. The maximum atomic E-state index is 11.4. The monoisotopic (exact) mass is 210 g/mol. The summed E-state index contributed by atoms with van der Waals surface area (Å²) in [4.78, 5) is 23.4. The van der Waals surface area contributed by atoms with Crippen molar-refractivity contribution < 1.29 is 14.6 Å². The molecule has 2 rings (SSSR count). The molecule has 1 aromatic heterocycles. The van der Waals surface area contributed by atoms with Crippen LogP contribution in [-0.2, 0) is 16.9 Å². The van der Waals surface area contributed by atoms with Crippen LogP contribution >= 0.6 is 0 Å². The predicted octanol–water partition coefficient (Wildman–Crippen LogP) is 0.00510. The number of hydrogen-bond donors (Lipinski definition) is 2. The van der Waals surface area contributed by atoms with Gasteiger partial charge in [-0.25, -0.2) is 0 Å². The van der Waals surface area contributed by atoms with Crippen LogP contribution in [0.3, 0.4) is 0 Å². The Morgan fingerprint density at radius 3 is 3.13 bits per heavy atom. The molecule has 1 unspecified atom stereocenters. The van der Waals surface area contributed by atoms with Gasteiger partial charge in [0.1, 0.15) is 0 Å². The van der Waals surface area contributed by atoms with Crippen molar-refractivity contribution >= 4 is 5.97 Å². The molecular weight excluding hydrogens is 198 g/mol. The highest BCUT2D eigenvalue weighted by Crippen LogP contribution is 2.31. The third-order valence-electron chi connectivity index (χ3n) is 2.73. The average molecular weight is 210 g/mol. The summed E-state index contributed by atoms with van der Waals surface area (Å²) in [7, 11) is 0. The molecular formula is C10H12NO4+. The van der Waals surface area contributed by atoms with E-state index in [1.165, 1.54) is 6.20 Å². The van der Waals surface area contributed by atoms with Crippen LogP contribution in [-0.4, -0.2) is 20.9 Å². The van der Waals surface area contributed by atoms with Crippen LogP contribution < -0.4 is 5.56 Å². The first-order chi connectivity index (χ1) is 7.09. The van der Waals surface area contributed by atoms with E-state index in [9.17, 15) is 14.7 Å². The van der Waals surface area contributed by atoms with E-state index in [-0.39, 0.29) is 18.6 Å². The quantitative estimate of drug-likeness (QED) is 0.505. The minimum Gasteiger partial charge on any atom is -0.370 e. The van der Waals surface area contributed by atoms with Crippen molar-refractivity contribution in [2.75, 3.05) is 0 Å². The Hall–Kier alpha value is -1.62. The molecule has 0 spiro atoms. The van der Waals surface area contributed by atoms with Gasteiger partial charge >= 0.3 is 5.97 Å². The second kappa shape index (κ2) is 3.20. The van der Waals surface area contributed by atoms with Gasteiger partial charge in [0.15, 0.2) is 0 Å². The van der Waals surface area contributed by atoms with Crippen LogP contribution in [0.5, 0.6) is 0 Å². The number of fused-ring (bicyclic) bond motifs is 1. The fourth-order valence-electron chi connectivity index (χ4n) is 1.76. The molecule has 0 aliphatic carbocycles. The Balaban J connectivity index is 2.69. The Morgan fingerprint density at radius 2 is 2.47 bits per heavy atom. The molecule has 1 aromatic rings. The zero-order chi connectivity index (χ0) is 11.1. The van der Waals surface area contributed by atoms with Crippen LogP contribution in [0.1, 0.15) is 24.5 Å². The number of carbonyl (C=O) groups excluding carboxylic acids is 1. The minimum absolute atomic E-state index is 0.0142. The van der Waals surface area contributed by atoms with E-state index < -0.39 is 11.6 Å². The Morgan fingerprint density at radius 1 is 1.73 bits per heavy atom. The summed E-state index contributed by atoms with van der Waals surface area (Å²) in [5.41, 5.74) is -1.09. The molecule has 0 amide bonds. The molecule has 0 saturated heterocycles. The molecule has 1 aliphatic rings. The SMILES string of the molecule is CCC1(O)C(=[OH+])OCc2c1cc[nH]c2=O. The van der Waals surface area contributed by atoms with E-state index >= 15 is 0 Å².